The van der Waals surface area contributed by atoms with Gasteiger partial charge in [0, 0.05) is 13.5 Å². The van der Waals surface area contributed by atoms with E-state index in [1.807, 2.05) is 0 Å². The van der Waals surface area contributed by atoms with Gasteiger partial charge in [-0.15, -0.1) is 0 Å². The Morgan fingerprint density at radius 1 is 1.43 bits per heavy atom. The predicted octanol–water partition coefficient (Wildman–Crippen LogP) is 0.994. The van der Waals surface area contributed by atoms with Crippen molar-refractivity contribution in [3.63, 3.8) is 0 Å². The molecule has 1 aromatic carbocycles. The molecule has 8 nitrogen and oxygen atoms in total. The lowest BCUT2D eigenvalue weighted by Crippen LogP contribution is -2.26. The van der Waals surface area contributed by atoms with Crippen molar-refractivity contribution in [3.05, 3.63) is 28.8 Å². The summed E-state index contributed by atoms with van der Waals surface area (Å²) in [6, 6.07) is 3.62. The summed E-state index contributed by atoms with van der Waals surface area (Å²) in [6.45, 7) is 0.176. The molecule has 1 aliphatic rings. The molecule has 23 heavy (non-hydrogen) atoms. The Hall–Kier alpha value is -1.68. The molecule has 0 spiro atoms. The summed E-state index contributed by atoms with van der Waals surface area (Å²) in [5, 5.41) is -0.0780. The average molecular weight is 364 g/mol. The van der Waals surface area contributed by atoms with Gasteiger partial charge in [0.2, 0.25) is 6.10 Å². The summed E-state index contributed by atoms with van der Waals surface area (Å²) in [6.07, 6.45) is -0.727. The van der Waals surface area contributed by atoms with Crippen LogP contribution in [0.4, 0.5) is 0 Å². The number of carbonyl (C=O) groups excluding carboxylic acids is 2. The fraction of sp³-hybridized carbons (Fsp3) is 0.385. The zero-order chi connectivity index (χ0) is 17.2. The van der Waals surface area contributed by atoms with Gasteiger partial charge in [-0.25, -0.2) is 18.0 Å². The highest BCUT2D eigenvalue weighted by molar-refractivity contribution is 7.89. The van der Waals surface area contributed by atoms with Gasteiger partial charge in [0.1, 0.15) is 4.90 Å². The van der Waals surface area contributed by atoms with E-state index in [-0.39, 0.29) is 28.5 Å². The summed E-state index contributed by atoms with van der Waals surface area (Å²) in [4.78, 5) is 27.7. The molecule has 0 saturated carbocycles. The minimum atomic E-state index is -4.03. The van der Waals surface area contributed by atoms with Gasteiger partial charge in [-0.3, -0.25) is 4.84 Å². The second-order valence-electron chi connectivity index (χ2n) is 4.59. The normalized spacial score (nSPS) is 18.1. The molecule has 1 aliphatic heterocycles. The number of hydrogen-bond donors (Lipinski definition) is 0. The van der Waals surface area contributed by atoms with Gasteiger partial charge in [-0.05, 0) is 18.2 Å². The van der Waals surface area contributed by atoms with E-state index in [0.717, 1.165) is 6.07 Å². The first-order valence-corrected chi connectivity index (χ1v) is 8.29. The van der Waals surface area contributed by atoms with Gasteiger partial charge >= 0.3 is 11.9 Å². The van der Waals surface area contributed by atoms with Crippen LogP contribution in [0.1, 0.15) is 16.8 Å². The molecular weight excluding hydrogens is 350 g/mol. The van der Waals surface area contributed by atoms with Gasteiger partial charge in [-0.2, -0.15) is 0 Å². The second kappa shape index (κ2) is 6.83. The van der Waals surface area contributed by atoms with Crippen LogP contribution in [-0.4, -0.2) is 51.7 Å². The lowest BCUT2D eigenvalue weighted by atomic mass is 10.2. The molecule has 0 radical (unpaired) electrons. The lowest BCUT2D eigenvalue weighted by molar-refractivity contribution is -0.145. The van der Waals surface area contributed by atoms with Crippen molar-refractivity contribution in [1.29, 1.82) is 0 Å². The lowest BCUT2D eigenvalue weighted by Gasteiger charge is -2.16. The molecule has 0 amide bonds. The second-order valence-corrected chi connectivity index (χ2v) is 6.90. The fourth-order valence-corrected chi connectivity index (χ4v) is 3.32. The van der Waals surface area contributed by atoms with Gasteiger partial charge in [0.25, 0.3) is 10.0 Å². The van der Waals surface area contributed by atoms with E-state index in [0.29, 0.717) is 4.47 Å². The Bertz CT molecular complexity index is 734. The smallest absolute Gasteiger partial charge is 0.347 e. The number of hydroxylamine groups is 1. The SMILES string of the molecule is CON(C)S(=O)(=O)c1cc(C(=O)O[C@H]2CCOC2=O)ccc1Cl. The van der Waals surface area contributed by atoms with Crippen LogP contribution in [0.5, 0.6) is 0 Å². The van der Waals surface area contributed by atoms with Crippen molar-refractivity contribution >= 4 is 33.6 Å². The third-order valence-corrected chi connectivity index (χ3v) is 5.34. The summed E-state index contributed by atoms with van der Waals surface area (Å²) < 4.78 is 34.8. The van der Waals surface area contributed by atoms with Crippen LogP contribution in [0.15, 0.2) is 23.1 Å². The Morgan fingerprint density at radius 2 is 2.13 bits per heavy atom. The molecule has 10 heteroatoms. The molecule has 1 heterocycles. The first-order valence-electron chi connectivity index (χ1n) is 6.47. The van der Waals surface area contributed by atoms with Crippen LogP contribution in [0.25, 0.3) is 0 Å². The van der Waals surface area contributed by atoms with Crippen LogP contribution >= 0.6 is 11.6 Å². The standard InChI is InChI=1S/C13H14ClNO7S/c1-15(20-2)23(18,19)11-7-8(3-4-9(11)14)12(16)22-10-5-6-21-13(10)17/h3-4,7,10H,5-6H2,1-2H3/t10-/m0/s1. The molecular formula is C13H14ClNO7S. The summed E-state index contributed by atoms with van der Waals surface area (Å²) >= 11 is 5.89. The van der Waals surface area contributed by atoms with Crippen molar-refractivity contribution in [3.8, 4) is 0 Å². The van der Waals surface area contributed by atoms with Crippen molar-refractivity contribution < 1.29 is 32.3 Å². The van der Waals surface area contributed by atoms with Crippen LogP contribution < -0.4 is 0 Å². The quantitative estimate of drug-likeness (QED) is 0.568. The summed E-state index contributed by atoms with van der Waals surface area (Å²) in [5.74, 6) is -1.47. The Balaban J connectivity index is 2.30. The minimum Gasteiger partial charge on any atom is -0.463 e. The maximum atomic E-state index is 12.2. The minimum absolute atomic E-state index is 0.0582. The summed E-state index contributed by atoms with van der Waals surface area (Å²) in [7, 11) is -1.67. The van der Waals surface area contributed by atoms with E-state index >= 15 is 0 Å². The molecule has 0 unspecified atom stereocenters. The third-order valence-electron chi connectivity index (χ3n) is 3.18. The van der Waals surface area contributed by atoms with E-state index in [2.05, 4.69) is 9.57 Å². The van der Waals surface area contributed by atoms with Crippen molar-refractivity contribution in [2.24, 2.45) is 0 Å². The largest absolute Gasteiger partial charge is 0.463 e. The van der Waals surface area contributed by atoms with Gasteiger partial charge in [0.05, 0.1) is 24.3 Å². The molecule has 1 aromatic rings. The van der Waals surface area contributed by atoms with Crippen LogP contribution in [0.3, 0.4) is 0 Å². The number of esters is 2. The zero-order valence-corrected chi connectivity index (χ0v) is 13.9. The van der Waals surface area contributed by atoms with Gasteiger partial charge in [-0.1, -0.05) is 16.1 Å². The molecule has 0 aromatic heterocycles. The Labute approximate surface area is 137 Å². The van der Waals surface area contributed by atoms with E-state index in [1.54, 1.807) is 0 Å². The van der Waals surface area contributed by atoms with E-state index < -0.39 is 28.1 Å². The Kier molecular flexibility index (Phi) is 5.25. The molecule has 126 valence electrons. The monoisotopic (exact) mass is 363 g/mol. The number of rotatable bonds is 5. The van der Waals surface area contributed by atoms with Crippen LogP contribution in [0, 0.1) is 0 Å². The maximum Gasteiger partial charge on any atom is 0.347 e. The number of halogens is 1. The predicted molar refractivity (Wildman–Crippen MR) is 78.2 cm³/mol. The highest BCUT2D eigenvalue weighted by atomic mass is 35.5. The van der Waals surface area contributed by atoms with Crippen LogP contribution in [-0.2, 0) is 29.1 Å². The molecule has 0 N–H and O–H groups in total. The molecule has 1 fully saturated rings. The third kappa shape index (κ3) is 3.63. The van der Waals surface area contributed by atoms with Crippen molar-refractivity contribution in [1.82, 2.24) is 4.47 Å². The number of cyclic esters (lactones) is 1. The number of benzene rings is 1. The zero-order valence-electron chi connectivity index (χ0n) is 12.3. The first kappa shape index (κ1) is 17.7. The average Bonchev–Trinajstić information content (AvgIpc) is 2.91. The van der Waals surface area contributed by atoms with Crippen molar-refractivity contribution in [2.75, 3.05) is 20.8 Å². The number of carbonyl (C=O) groups is 2. The maximum absolute atomic E-state index is 12.2. The van der Waals surface area contributed by atoms with E-state index in [1.165, 1.54) is 26.3 Å². The highest BCUT2D eigenvalue weighted by Gasteiger charge is 2.31. The first-order chi connectivity index (χ1) is 10.8. The van der Waals surface area contributed by atoms with E-state index in [9.17, 15) is 18.0 Å². The molecule has 2 rings (SSSR count). The summed E-state index contributed by atoms with van der Waals surface area (Å²) in [5.41, 5.74) is -0.0582. The fourth-order valence-electron chi connectivity index (χ4n) is 1.85. The highest BCUT2D eigenvalue weighted by Crippen LogP contribution is 2.26. The molecule has 1 atom stereocenters. The molecule has 0 aliphatic carbocycles. The molecule has 1 saturated heterocycles. The van der Waals surface area contributed by atoms with Crippen molar-refractivity contribution in [2.45, 2.75) is 17.4 Å². The molecule has 0 bridgehead atoms. The van der Waals surface area contributed by atoms with Crippen LogP contribution in [0.2, 0.25) is 5.02 Å². The number of nitrogens with zero attached hydrogens (tertiary/aromatic N) is 1. The number of sulfonamides is 1. The van der Waals surface area contributed by atoms with Gasteiger partial charge in [0.15, 0.2) is 0 Å². The van der Waals surface area contributed by atoms with Gasteiger partial charge < -0.3 is 9.47 Å². The van der Waals surface area contributed by atoms with E-state index in [4.69, 9.17) is 16.3 Å². The number of ether oxygens (including phenoxy) is 2. The topological polar surface area (TPSA) is 99.2 Å². The number of hydrogen-bond acceptors (Lipinski definition) is 7. The Morgan fingerprint density at radius 3 is 2.70 bits per heavy atom.